The van der Waals surface area contributed by atoms with Gasteiger partial charge in [0.15, 0.2) is 0 Å². The molecule has 1 aromatic heterocycles. The molecule has 130 valence electrons. The molecule has 5 nitrogen and oxygen atoms in total. The summed E-state index contributed by atoms with van der Waals surface area (Å²) in [4.78, 5) is 11.8. The van der Waals surface area contributed by atoms with Crippen molar-refractivity contribution in [2.24, 2.45) is 5.92 Å². The monoisotopic (exact) mass is 341 g/mol. The van der Waals surface area contributed by atoms with Crippen molar-refractivity contribution in [3.63, 3.8) is 0 Å². The average molecular weight is 341 g/mol. The Bertz CT molecular complexity index is 696. The summed E-state index contributed by atoms with van der Waals surface area (Å²) in [6.07, 6.45) is -4.42. The van der Waals surface area contributed by atoms with Crippen LogP contribution in [0.5, 0.6) is 5.75 Å². The molecule has 0 aliphatic carbocycles. The summed E-state index contributed by atoms with van der Waals surface area (Å²) in [6.45, 7) is 4.45. The number of carbonyl (C=O) groups is 1. The van der Waals surface area contributed by atoms with Crippen LogP contribution < -0.4 is 10.1 Å². The Hall–Kier alpha value is -2.51. The lowest BCUT2D eigenvalue weighted by molar-refractivity contribution is -0.137. The van der Waals surface area contributed by atoms with Gasteiger partial charge in [-0.1, -0.05) is 19.9 Å². The van der Waals surface area contributed by atoms with Gasteiger partial charge >= 0.3 is 6.18 Å². The minimum atomic E-state index is -4.42. The molecule has 2 N–H and O–H groups in total. The molecular weight excluding hydrogens is 323 g/mol. The van der Waals surface area contributed by atoms with Crippen LogP contribution in [0.25, 0.3) is 0 Å². The largest absolute Gasteiger partial charge is 0.487 e. The lowest BCUT2D eigenvalue weighted by atomic mass is 10.2. The first-order chi connectivity index (χ1) is 11.3. The van der Waals surface area contributed by atoms with Gasteiger partial charge in [-0.2, -0.15) is 18.3 Å². The Balaban J connectivity index is 1.95. The Labute approximate surface area is 137 Å². The third-order valence-corrected chi connectivity index (χ3v) is 3.09. The zero-order chi connectivity index (χ0) is 17.7. The van der Waals surface area contributed by atoms with Crippen LogP contribution in [0.1, 0.15) is 35.6 Å². The molecule has 1 amide bonds. The molecule has 0 bridgehead atoms. The molecule has 0 spiro atoms. The third kappa shape index (κ3) is 5.00. The summed E-state index contributed by atoms with van der Waals surface area (Å²) in [5.74, 6) is 0.0899. The van der Waals surface area contributed by atoms with Gasteiger partial charge in [-0.05, 0) is 30.2 Å². The molecule has 0 aliphatic rings. The number of hydrogen-bond acceptors (Lipinski definition) is 3. The summed E-state index contributed by atoms with van der Waals surface area (Å²) in [5.41, 5.74) is -0.0845. The van der Waals surface area contributed by atoms with Crippen molar-refractivity contribution in [3.05, 3.63) is 47.3 Å². The second-order valence-corrected chi connectivity index (χ2v) is 5.70. The topological polar surface area (TPSA) is 67.0 Å². The number of alkyl halides is 3. The van der Waals surface area contributed by atoms with Crippen LogP contribution in [0.15, 0.2) is 30.3 Å². The van der Waals surface area contributed by atoms with Gasteiger partial charge in [-0.15, -0.1) is 0 Å². The molecule has 0 saturated carbocycles. The Morgan fingerprint density at radius 1 is 1.33 bits per heavy atom. The zero-order valence-electron chi connectivity index (χ0n) is 13.3. The van der Waals surface area contributed by atoms with Gasteiger partial charge in [-0.3, -0.25) is 9.89 Å². The average Bonchev–Trinajstić information content (AvgIpc) is 2.99. The van der Waals surface area contributed by atoms with E-state index in [0.29, 0.717) is 18.2 Å². The molecule has 0 fully saturated rings. The molecule has 0 saturated heterocycles. The number of H-pyrrole nitrogens is 1. The molecule has 0 radical (unpaired) electrons. The molecule has 8 heteroatoms. The zero-order valence-corrected chi connectivity index (χ0v) is 13.3. The van der Waals surface area contributed by atoms with Crippen LogP contribution in [0.4, 0.5) is 13.2 Å². The van der Waals surface area contributed by atoms with E-state index in [-0.39, 0.29) is 24.0 Å². The molecule has 1 aromatic carbocycles. The van der Waals surface area contributed by atoms with Gasteiger partial charge in [0.25, 0.3) is 5.91 Å². The first-order valence-electron chi connectivity index (χ1n) is 7.38. The van der Waals surface area contributed by atoms with E-state index in [2.05, 4.69) is 15.5 Å². The van der Waals surface area contributed by atoms with Crippen LogP contribution in [0, 0.1) is 5.92 Å². The molecule has 0 atom stereocenters. The molecule has 0 aliphatic heterocycles. The number of nitrogens with one attached hydrogen (secondary N) is 2. The number of hydrogen-bond donors (Lipinski definition) is 2. The first kappa shape index (κ1) is 17.8. The number of carbonyl (C=O) groups excluding carboxylic acids is 1. The van der Waals surface area contributed by atoms with Crippen LogP contribution >= 0.6 is 0 Å². The van der Waals surface area contributed by atoms with Gasteiger partial charge in [0, 0.05) is 6.54 Å². The van der Waals surface area contributed by atoms with E-state index >= 15 is 0 Å². The summed E-state index contributed by atoms with van der Waals surface area (Å²) in [6, 6.07) is 6.11. The van der Waals surface area contributed by atoms with Crippen LogP contribution in [-0.4, -0.2) is 22.6 Å². The van der Waals surface area contributed by atoms with E-state index < -0.39 is 11.7 Å². The van der Waals surface area contributed by atoms with E-state index in [9.17, 15) is 18.0 Å². The minimum Gasteiger partial charge on any atom is -0.487 e. The predicted molar refractivity (Wildman–Crippen MR) is 81.5 cm³/mol. The summed E-state index contributed by atoms with van der Waals surface area (Å²) in [5, 5.41) is 9.22. The van der Waals surface area contributed by atoms with Gasteiger partial charge in [0.05, 0.1) is 11.3 Å². The Kier molecular flexibility index (Phi) is 5.48. The SMILES string of the molecule is CC(C)CNC(=O)c1cc(COc2cccc(C(F)(F)F)c2)[nH]n1. The highest BCUT2D eigenvalue weighted by Gasteiger charge is 2.30. The van der Waals surface area contributed by atoms with Crippen molar-refractivity contribution in [1.29, 1.82) is 0 Å². The number of aromatic nitrogens is 2. The number of amides is 1. The Morgan fingerprint density at radius 2 is 2.08 bits per heavy atom. The normalized spacial score (nSPS) is 11.6. The smallest absolute Gasteiger partial charge is 0.416 e. The second kappa shape index (κ2) is 7.37. The lowest BCUT2D eigenvalue weighted by Crippen LogP contribution is -2.27. The highest BCUT2D eigenvalue weighted by atomic mass is 19.4. The third-order valence-electron chi connectivity index (χ3n) is 3.09. The number of benzene rings is 1. The van der Waals surface area contributed by atoms with Crippen LogP contribution in [0.2, 0.25) is 0 Å². The van der Waals surface area contributed by atoms with Crippen molar-refractivity contribution in [2.45, 2.75) is 26.6 Å². The maximum Gasteiger partial charge on any atom is 0.416 e. The van der Waals surface area contributed by atoms with Gasteiger partial charge in [0.2, 0.25) is 0 Å². The molecule has 0 unspecified atom stereocenters. The number of halogens is 3. The maximum atomic E-state index is 12.6. The molecule has 24 heavy (non-hydrogen) atoms. The van der Waals surface area contributed by atoms with Crippen molar-refractivity contribution in [2.75, 3.05) is 6.54 Å². The van der Waals surface area contributed by atoms with Crippen molar-refractivity contribution in [3.8, 4) is 5.75 Å². The standard InChI is InChI=1S/C16H18F3N3O2/c1-10(2)8-20-15(23)14-7-12(21-22-14)9-24-13-5-3-4-11(6-13)16(17,18)19/h3-7,10H,8-9H2,1-2H3,(H,20,23)(H,21,22). The first-order valence-corrected chi connectivity index (χ1v) is 7.38. The lowest BCUT2D eigenvalue weighted by Gasteiger charge is -2.09. The van der Waals surface area contributed by atoms with Crippen molar-refractivity contribution < 1.29 is 22.7 Å². The number of ether oxygens (including phenoxy) is 1. The van der Waals surface area contributed by atoms with Crippen LogP contribution in [-0.2, 0) is 12.8 Å². The van der Waals surface area contributed by atoms with E-state index in [0.717, 1.165) is 12.1 Å². The Morgan fingerprint density at radius 3 is 2.75 bits per heavy atom. The highest BCUT2D eigenvalue weighted by molar-refractivity contribution is 5.92. The number of aromatic amines is 1. The van der Waals surface area contributed by atoms with E-state index in [1.165, 1.54) is 18.2 Å². The van der Waals surface area contributed by atoms with Crippen molar-refractivity contribution >= 4 is 5.91 Å². The van der Waals surface area contributed by atoms with Gasteiger partial charge in [0.1, 0.15) is 18.1 Å². The number of rotatable bonds is 6. The quantitative estimate of drug-likeness (QED) is 0.846. The van der Waals surface area contributed by atoms with E-state index in [1.807, 2.05) is 13.8 Å². The highest BCUT2D eigenvalue weighted by Crippen LogP contribution is 2.31. The fourth-order valence-electron chi connectivity index (χ4n) is 1.86. The molecule has 2 aromatic rings. The second-order valence-electron chi connectivity index (χ2n) is 5.70. The predicted octanol–water partition coefficient (Wildman–Crippen LogP) is 3.39. The molecule has 2 rings (SSSR count). The van der Waals surface area contributed by atoms with Gasteiger partial charge < -0.3 is 10.1 Å². The maximum absolute atomic E-state index is 12.6. The molecular formula is C16H18F3N3O2. The molecule has 1 heterocycles. The van der Waals surface area contributed by atoms with Crippen LogP contribution in [0.3, 0.4) is 0 Å². The summed E-state index contributed by atoms with van der Waals surface area (Å²) in [7, 11) is 0. The minimum absolute atomic E-state index is 0.0221. The van der Waals surface area contributed by atoms with E-state index in [1.54, 1.807) is 0 Å². The number of nitrogens with zero attached hydrogens (tertiary/aromatic N) is 1. The summed E-state index contributed by atoms with van der Waals surface area (Å²) >= 11 is 0. The fraction of sp³-hybridized carbons (Fsp3) is 0.375. The summed E-state index contributed by atoms with van der Waals surface area (Å²) < 4.78 is 43.2. The van der Waals surface area contributed by atoms with Gasteiger partial charge in [-0.25, -0.2) is 0 Å². The van der Waals surface area contributed by atoms with Crippen molar-refractivity contribution in [1.82, 2.24) is 15.5 Å². The van der Waals surface area contributed by atoms with E-state index in [4.69, 9.17) is 4.74 Å². The fourth-order valence-corrected chi connectivity index (χ4v) is 1.86.